The topological polar surface area (TPSA) is 15.3 Å². The fourth-order valence-corrected chi connectivity index (χ4v) is 1.94. The molecule has 0 saturated heterocycles. The van der Waals surface area contributed by atoms with Gasteiger partial charge in [-0.05, 0) is 58.3 Å². The minimum Gasteiger partial charge on any atom is -0.314 e. The average molecular weight is 198 g/mol. The molecule has 1 saturated carbocycles. The van der Waals surface area contributed by atoms with Crippen LogP contribution in [0.3, 0.4) is 0 Å². The van der Waals surface area contributed by atoms with Gasteiger partial charge in [-0.15, -0.1) is 0 Å². The summed E-state index contributed by atoms with van der Waals surface area (Å²) in [5.41, 5.74) is 0. The van der Waals surface area contributed by atoms with E-state index >= 15 is 0 Å². The van der Waals surface area contributed by atoms with Crippen molar-refractivity contribution in [1.82, 2.24) is 10.2 Å². The second-order valence-electron chi connectivity index (χ2n) is 4.46. The van der Waals surface area contributed by atoms with Crippen LogP contribution in [0.25, 0.3) is 0 Å². The van der Waals surface area contributed by atoms with Crippen molar-refractivity contribution in [3.63, 3.8) is 0 Å². The molecule has 0 bridgehead atoms. The van der Waals surface area contributed by atoms with Gasteiger partial charge in [-0.3, -0.25) is 0 Å². The third-order valence-electron chi connectivity index (χ3n) is 3.34. The van der Waals surface area contributed by atoms with Gasteiger partial charge in [0, 0.05) is 6.04 Å². The van der Waals surface area contributed by atoms with E-state index in [1.807, 2.05) is 0 Å². The summed E-state index contributed by atoms with van der Waals surface area (Å²) in [6.45, 7) is 11.6. The van der Waals surface area contributed by atoms with Crippen LogP contribution in [0.4, 0.5) is 0 Å². The quantitative estimate of drug-likeness (QED) is 0.601. The van der Waals surface area contributed by atoms with Crippen LogP contribution in [-0.2, 0) is 0 Å². The van der Waals surface area contributed by atoms with Gasteiger partial charge in [0.05, 0.1) is 0 Å². The SMILES string of the molecule is CCN(CC)CCCNC(C)C1CC1. The zero-order chi connectivity index (χ0) is 10.4. The Morgan fingerprint density at radius 3 is 2.43 bits per heavy atom. The molecule has 1 rings (SSSR count). The van der Waals surface area contributed by atoms with Crippen molar-refractivity contribution in [3.8, 4) is 0 Å². The Bertz CT molecular complexity index is 135. The maximum absolute atomic E-state index is 3.62. The Labute approximate surface area is 89.1 Å². The molecule has 1 aliphatic carbocycles. The van der Waals surface area contributed by atoms with Crippen LogP contribution < -0.4 is 5.32 Å². The van der Waals surface area contributed by atoms with E-state index in [1.165, 1.54) is 45.4 Å². The van der Waals surface area contributed by atoms with Gasteiger partial charge in [-0.1, -0.05) is 13.8 Å². The third-order valence-corrected chi connectivity index (χ3v) is 3.34. The molecule has 1 aliphatic rings. The van der Waals surface area contributed by atoms with Crippen molar-refractivity contribution >= 4 is 0 Å². The normalized spacial score (nSPS) is 18.9. The number of rotatable bonds is 8. The van der Waals surface area contributed by atoms with Crippen molar-refractivity contribution in [2.24, 2.45) is 5.92 Å². The average Bonchev–Trinajstić information content (AvgIpc) is 3.01. The summed E-state index contributed by atoms with van der Waals surface area (Å²) in [5.74, 6) is 0.989. The molecule has 0 aromatic heterocycles. The van der Waals surface area contributed by atoms with Crippen LogP contribution in [0.1, 0.15) is 40.0 Å². The van der Waals surface area contributed by atoms with E-state index in [-0.39, 0.29) is 0 Å². The molecule has 2 nitrogen and oxygen atoms in total. The molecular formula is C12H26N2. The molecule has 0 radical (unpaired) electrons. The largest absolute Gasteiger partial charge is 0.314 e. The van der Waals surface area contributed by atoms with Gasteiger partial charge in [0.2, 0.25) is 0 Å². The van der Waals surface area contributed by atoms with Gasteiger partial charge in [-0.25, -0.2) is 0 Å². The van der Waals surface area contributed by atoms with E-state index in [0.29, 0.717) is 0 Å². The standard InChI is InChI=1S/C12H26N2/c1-4-14(5-2)10-6-9-13-11(3)12-7-8-12/h11-13H,4-10H2,1-3H3. The van der Waals surface area contributed by atoms with E-state index in [0.717, 1.165) is 12.0 Å². The fourth-order valence-electron chi connectivity index (χ4n) is 1.94. The second kappa shape index (κ2) is 6.41. The lowest BCUT2D eigenvalue weighted by Crippen LogP contribution is -2.32. The van der Waals surface area contributed by atoms with E-state index in [9.17, 15) is 0 Å². The van der Waals surface area contributed by atoms with E-state index in [1.54, 1.807) is 0 Å². The van der Waals surface area contributed by atoms with E-state index in [2.05, 4.69) is 31.0 Å². The number of hydrogen-bond acceptors (Lipinski definition) is 2. The number of nitrogens with one attached hydrogen (secondary N) is 1. The highest BCUT2D eigenvalue weighted by molar-refractivity contribution is 4.83. The number of hydrogen-bond donors (Lipinski definition) is 1. The van der Waals surface area contributed by atoms with Crippen LogP contribution in [0.5, 0.6) is 0 Å². The lowest BCUT2D eigenvalue weighted by Gasteiger charge is -2.19. The first-order chi connectivity index (χ1) is 6.77. The molecule has 1 N–H and O–H groups in total. The van der Waals surface area contributed by atoms with Crippen LogP contribution in [0.15, 0.2) is 0 Å². The van der Waals surface area contributed by atoms with Crippen molar-refractivity contribution in [2.45, 2.75) is 46.1 Å². The van der Waals surface area contributed by atoms with Crippen LogP contribution in [0, 0.1) is 5.92 Å². The summed E-state index contributed by atoms with van der Waals surface area (Å²) in [4.78, 5) is 2.49. The summed E-state index contributed by atoms with van der Waals surface area (Å²) >= 11 is 0. The highest BCUT2D eigenvalue weighted by Crippen LogP contribution is 2.32. The minimum atomic E-state index is 0.756. The molecule has 0 aromatic carbocycles. The lowest BCUT2D eigenvalue weighted by molar-refractivity contribution is 0.295. The zero-order valence-corrected chi connectivity index (χ0v) is 10.1. The van der Waals surface area contributed by atoms with Crippen LogP contribution in [-0.4, -0.2) is 37.1 Å². The highest BCUT2D eigenvalue weighted by Gasteiger charge is 2.26. The van der Waals surface area contributed by atoms with E-state index < -0.39 is 0 Å². The molecule has 84 valence electrons. The Balaban J connectivity index is 1.92. The maximum Gasteiger partial charge on any atom is 0.00670 e. The molecule has 1 fully saturated rings. The lowest BCUT2D eigenvalue weighted by atomic mass is 10.2. The Morgan fingerprint density at radius 2 is 1.93 bits per heavy atom. The summed E-state index contributed by atoms with van der Waals surface area (Å²) in [5, 5.41) is 3.62. The van der Waals surface area contributed by atoms with Gasteiger partial charge in [-0.2, -0.15) is 0 Å². The molecule has 0 aromatic rings. The van der Waals surface area contributed by atoms with Gasteiger partial charge in [0.1, 0.15) is 0 Å². The van der Waals surface area contributed by atoms with E-state index in [4.69, 9.17) is 0 Å². The molecule has 1 unspecified atom stereocenters. The molecule has 0 spiro atoms. The first kappa shape index (κ1) is 12.0. The first-order valence-corrected chi connectivity index (χ1v) is 6.23. The molecule has 0 aliphatic heterocycles. The second-order valence-corrected chi connectivity index (χ2v) is 4.46. The molecule has 0 amide bonds. The molecule has 1 atom stereocenters. The highest BCUT2D eigenvalue weighted by atomic mass is 15.1. The predicted octanol–water partition coefficient (Wildman–Crippen LogP) is 2.11. The van der Waals surface area contributed by atoms with Crippen LogP contribution >= 0.6 is 0 Å². The van der Waals surface area contributed by atoms with Crippen molar-refractivity contribution in [1.29, 1.82) is 0 Å². The first-order valence-electron chi connectivity index (χ1n) is 6.23. The van der Waals surface area contributed by atoms with Crippen LogP contribution in [0.2, 0.25) is 0 Å². The molecule has 0 heterocycles. The number of nitrogens with zero attached hydrogens (tertiary/aromatic N) is 1. The summed E-state index contributed by atoms with van der Waals surface area (Å²) in [6.07, 6.45) is 4.19. The summed E-state index contributed by atoms with van der Waals surface area (Å²) in [6, 6.07) is 0.756. The Morgan fingerprint density at radius 1 is 1.29 bits per heavy atom. The molecule has 14 heavy (non-hydrogen) atoms. The van der Waals surface area contributed by atoms with Crippen molar-refractivity contribution in [3.05, 3.63) is 0 Å². The molecular weight excluding hydrogens is 172 g/mol. The Hall–Kier alpha value is -0.0800. The zero-order valence-electron chi connectivity index (χ0n) is 10.1. The smallest absolute Gasteiger partial charge is 0.00670 e. The fraction of sp³-hybridized carbons (Fsp3) is 1.00. The van der Waals surface area contributed by atoms with Gasteiger partial charge in [0.25, 0.3) is 0 Å². The molecule has 2 heteroatoms. The van der Waals surface area contributed by atoms with Gasteiger partial charge < -0.3 is 10.2 Å². The summed E-state index contributed by atoms with van der Waals surface area (Å²) in [7, 11) is 0. The maximum atomic E-state index is 3.62. The van der Waals surface area contributed by atoms with Crippen molar-refractivity contribution in [2.75, 3.05) is 26.2 Å². The van der Waals surface area contributed by atoms with Gasteiger partial charge in [0.15, 0.2) is 0 Å². The van der Waals surface area contributed by atoms with Gasteiger partial charge >= 0.3 is 0 Å². The minimum absolute atomic E-state index is 0.756. The predicted molar refractivity (Wildman–Crippen MR) is 62.6 cm³/mol. The van der Waals surface area contributed by atoms with Crippen molar-refractivity contribution < 1.29 is 0 Å². The summed E-state index contributed by atoms with van der Waals surface area (Å²) < 4.78 is 0. The monoisotopic (exact) mass is 198 g/mol. The Kier molecular flexibility index (Phi) is 5.49. The third kappa shape index (κ3) is 4.43.